The van der Waals surface area contributed by atoms with Crippen LogP contribution >= 0.6 is 0 Å². The first-order chi connectivity index (χ1) is 13.6. The number of H-pyrrole nitrogens is 1. The normalized spacial score (nSPS) is 18.4. The van der Waals surface area contributed by atoms with Crippen LogP contribution in [0.1, 0.15) is 47.6 Å². The fraction of sp³-hybridized carbons (Fsp3) is 0.476. The minimum atomic E-state index is -0.118. The van der Waals surface area contributed by atoms with Gasteiger partial charge in [-0.25, -0.2) is 0 Å². The number of rotatable bonds is 2. The van der Waals surface area contributed by atoms with E-state index < -0.39 is 0 Å². The third-order valence-electron chi connectivity index (χ3n) is 6.21. The maximum absolute atomic E-state index is 13.2. The number of amides is 1. The van der Waals surface area contributed by atoms with Gasteiger partial charge in [0.1, 0.15) is 0 Å². The van der Waals surface area contributed by atoms with Crippen molar-refractivity contribution >= 4 is 27.7 Å². The average molecular weight is 379 g/mol. The van der Waals surface area contributed by atoms with Gasteiger partial charge in [-0.15, -0.1) is 0 Å². The van der Waals surface area contributed by atoms with Gasteiger partial charge >= 0.3 is 0 Å². The Balaban J connectivity index is 1.71. The van der Waals surface area contributed by atoms with Gasteiger partial charge in [-0.1, -0.05) is 12.8 Å². The molecule has 7 heteroatoms. The summed E-state index contributed by atoms with van der Waals surface area (Å²) in [4.78, 5) is 30.6. The lowest BCUT2D eigenvalue weighted by Crippen LogP contribution is -2.46. The highest BCUT2D eigenvalue weighted by Crippen LogP contribution is 2.33. The Morgan fingerprint density at radius 1 is 1.14 bits per heavy atom. The molecule has 3 aromatic rings. The van der Waals surface area contributed by atoms with Gasteiger partial charge in [-0.05, 0) is 37.5 Å². The van der Waals surface area contributed by atoms with Crippen molar-refractivity contribution in [1.82, 2.24) is 25.0 Å². The molecule has 3 heterocycles. The quantitative estimate of drug-likeness (QED) is 0.716. The van der Waals surface area contributed by atoms with Crippen molar-refractivity contribution in [3.05, 3.63) is 39.8 Å². The van der Waals surface area contributed by atoms with E-state index in [0.29, 0.717) is 17.0 Å². The van der Waals surface area contributed by atoms with E-state index in [0.717, 1.165) is 61.0 Å². The molecule has 2 aromatic heterocycles. The summed E-state index contributed by atoms with van der Waals surface area (Å²) in [5, 5.41) is 9.36. The van der Waals surface area contributed by atoms with E-state index in [9.17, 15) is 9.59 Å². The number of fused-ring (bicyclic) bond motifs is 3. The summed E-state index contributed by atoms with van der Waals surface area (Å²) < 4.78 is 2.02. The molecule has 2 aliphatic rings. The monoisotopic (exact) mass is 379 g/mol. The molecule has 0 radical (unpaired) electrons. The average Bonchev–Trinajstić information content (AvgIpc) is 3.38. The molecule has 2 N–H and O–H groups in total. The minimum Gasteiger partial charge on any atom is -0.336 e. The number of carbonyl (C=O) groups is 1. The van der Waals surface area contributed by atoms with Crippen molar-refractivity contribution in [1.29, 1.82) is 0 Å². The van der Waals surface area contributed by atoms with Crippen LogP contribution < -0.4 is 10.9 Å². The number of aromatic amines is 1. The van der Waals surface area contributed by atoms with Crippen LogP contribution in [0.25, 0.3) is 21.8 Å². The van der Waals surface area contributed by atoms with Crippen LogP contribution in [0.5, 0.6) is 0 Å². The second-order valence-electron chi connectivity index (χ2n) is 8.00. The number of piperazine rings is 1. The van der Waals surface area contributed by atoms with Crippen molar-refractivity contribution in [3.8, 4) is 0 Å². The molecule has 146 valence electrons. The highest BCUT2D eigenvalue weighted by atomic mass is 16.2. The van der Waals surface area contributed by atoms with Gasteiger partial charge in [0.25, 0.3) is 11.5 Å². The van der Waals surface area contributed by atoms with E-state index >= 15 is 0 Å². The Kier molecular flexibility index (Phi) is 4.19. The first-order valence-electron chi connectivity index (χ1n) is 10.2. The molecule has 2 fully saturated rings. The second kappa shape index (κ2) is 6.74. The summed E-state index contributed by atoms with van der Waals surface area (Å²) in [5.41, 5.74) is 3.11. The number of pyridine rings is 1. The molecule has 1 amide bonds. The first kappa shape index (κ1) is 17.4. The zero-order valence-corrected chi connectivity index (χ0v) is 16.1. The molecule has 1 aromatic carbocycles. The predicted molar refractivity (Wildman–Crippen MR) is 109 cm³/mol. The van der Waals surface area contributed by atoms with Gasteiger partial charge in [-0.3, -0.25) is 14.3 Å². The first-order valence-corrected chi connectivity index (χ1v) is 10.2. The summed E-state index contributed by atoms with van der Waals surface area (Å²) in [6.45, 7) is 5.02. The predicted octanol–water partition coefficient (Wildman–Crippen LogP) is 2.35. The van der Waals surface area contributed by atoms with Gasteiger partial charge in [-0.2, -0.15) is 5.10 Å². The molecule has 7 nitrogen and oxygen atoms in total. The lowest BCUT2D eigenvalue weighted by molar-refractivity contribution is 0.0735. The molecule has 5 rings (SSSR count). The maximum atomic E-state index is 13.2. The summed E-state index contributed by atoms with van der Waals surface area (Å²) in [7, 11) is 0. The third-order valence-corrected chi connectivity index (χ3v) is 6.21. The highest BCUT2D eigenvalue weighted by Gasteiger charge is 2.24. The number of aryl methyl sites for hydroxylation is 1. The number of benzene rings is 1. The van der Waals surface area contributed by atoms with Gasteiger partial charge in [0.2, 0.25) is 0 Å². The minimum absolute atomic E-state index is 0.0622. The van der Waals surface area contributed by atoms with Gasteiger partial charge < -0.3 is 15.2 Å². The van der Waals surface area contributed by atoms with E-state index in [4.69, 9.17) is 0 Å². The fourth-order valence-electron chi connectivity index (χ4n) is 4.69. The summed E-state index contributed by atoms with van der Waals surface area (Å²) in [6.07, 6.45) is 6.23. The van der Waals surface area contributed by atoms with Crippen LogP contribution in [0, 0.1) is 6.92 Å². The lowest BCUT2D eigenvalue weighted by atomic mass is 10.0. The van der Waals surface area contributed by atoms with Crippen LogP contribution in [-0.2, 0) is 0 Å². The van der Waals surface area contributed by atoms with Crippen molar-refractivity contribution < 1.29 is 4.79 Å². The van der Waals surface area contributed by atoms with Gasteiger partial charge in [0, 0.05) is 37.1 Å². The molecule has 0 spiro atoms. The zero-order valence-electron chi connectivity index (χ0n) is 16.1. The van der Waals surface area contributed by atoms with E-state index in [1.807, 2.05) is 28.6 Å². The standard InChI is InChI=1S/C21H25N5O2/c1-13-10-18-16(11-15(13)21(28)25-8-6-22-7-9-25)19-17(20(27)24-18)12-23-26(19)14-4-2-3-5-14/h10-12,14,22H,2-9H2,1H3,(H,24,27). The Labute approximate surface area is 162 Å². The van der Waals surface area contributed by atoms with Crippen molar-refractivity contribution in [2.24, 2.45) is 0 Å². The Hall–Kier alpha value is -2.67. The Morgan fingerprint density at radius 3 is 2.64 bits per heavy atom. The summed E-state index contributed by atoms with van der Waals surface area (Å²) >= 11 is 0. The van der Waals surface area contributed by atoms with E-state index in [2.05, 4.69) is 15.4 Å². The number of hydrogen-bond donors (Lipinski definition) is 2. The topological polar surface area (TPSA) is 83.0 Å². The molecule has 1 saturated carbocycles. The zero-order chi connectivity index (χ0) is 19.3. The molecular weight excluding hydrogens is 354 g/mol. The van der Waals surface area contributed by atoms with Crippen molar-refractivity contribution in [3.63, 3.8) is 0 Å². The highest BCUT2D eigenvalue weighted by molar-refractivity contribution is 6.07. The third kappa shape index (κ3) is 2.73. The van der Waals surface area contributed by atoms with E-state index in [1.54, 1.807) is 6.20 Å². The van der Waals surface area contributed by atoms with Crippen LogP contribution in [0.15, 0.2) is 23.1 Å². The molecule has 1 saturated heterocycles. The Bertz CT molecular complexity index is 1120. The molecule has 1 aliphatic heterocycles. The lowest BCUT2D eigenvalue weighted by Gasteiger charge is -2.28. The number of nitrogens with one attached hydrogen (secondary N) is 2. The molecule has 0 unspecified atom stereocenters. The van der Waals surface area contributed by atoms with Crippen molar-refractivity contribution in [2.45, 2.75) is 38.6 Å². The second-order valence-corrected chi connectivity index (χ2v) is 8.00. The number of carbonyl (C=O) groups excluding carboxylic acids is 1. The van der Waals surface area contributed by atoms with Crippen molar-refractivity contribution in [2.75, 3.05) is 26.2 Å². The molecular formula is C21H25N5O2. The van der Waals surface area contributed by atoms with E-state index in [1.165, 1.54) is 12.8 Å². The maximum Gasteiger partial charge on any atom is 0.259 e. The SMILES string of the molecule is Cc1cc2[nH]c(=O)c3cnn(C4CCCC4)c3c2cc1C(=O)N1CCNCC1. The smallest absolute Gasteiger partial charge is 0.259 e. The molecule has 28 heavy (non-hydrogen) atoms. The molecule has 0 atom stereocenters. The van der Waals surface area contributed by atoms with Crippen LogP contribution in [0.2, 0.25) is 0 Å². The molecule has 0 bridgehead atoms. The summed E-state index contributed by atoms with van der Waals surface area (Å²) in [6, 6.07) is 4.22. The van der Waals surface area contributed by atoms with Crippen LogP contribution in [0.4, 0.5) is 0 Å². The Morgan fingerprint density at radius 2 is 1.89 bits per heavy atom. The van der Waals surface area contributed by atoms with E-state index in [-0.39, 0.29) is 11.5 Å². The van der Waals surface area contributed by atoms with Crippen LogP contribution in [-0.4, -0.2) is 51.8 Å². The summed E-state index contributed by atoms with van der Waals surface area (Å²) in [5.74, 6) is 0.0622. The van der Waals surface area contributed by atoms with Gasteiger partial charge in [0.15, 0.2) is 0 Å². The largest absolute Gasteiger partial charge is 0.336 e. The van der Waals surface area contributed by atoms with Gasteiger partial charge in [0.05, 0.1) is 28.7 Å². The number of aromatic nitrogens is 3. The van der Waals surface area contributed by atoms with Crippen LogP contribution in [0.3, 0.4) is 0 Å². The molecule has 1 aliphatic carbocycles. The number of nitrogens with zero attached hydrogens (tertiary/aromatic N) is 3. The fourth-order valence-corrected chi connectivity index (χ4v) is 4.69. The number of hydrogen-bond acceptors (Lipinski definition) is 4.